The van der Waals surface area contributed by atoms with Crippen LogP contribution in [0, 0.1) is 0 Å². The van der Waals surface area contributed by atoms with Crippen molar-refractivity contribution in [2.45, 2.75) is 12.5 Å². The van der Waals surface area contributed by atoms with Crippen LogP contribution in [0.3, 0.4) is 0 Å². The number of nitrogens with one attached hydrogen (secondary N) is 1. The molecular formula is C11H14N4O4. The van der Waals surface area contributed by atoms with Crippen LogP contribution in [-0.2, 0) is 16.6 Å². The second-order valence-electron chi connectivity index (χ2n) is 4.29. The number of piperazine rings is 1. The molecule has 1 unspecified atom stereocenters. The van der Waals surface area contributed by atoms with Crippen LogP contribution in [0.25, 0.3) is 0 Å². The van der Waals surface area contributed by atoms with E-state index in [1.165, 1.54) is 22.0 Å². The Morgan fingerprint density at radius 2 is 2.32 bits per heavy atom. The number of nitrogens with zero attached hydrogens (tertiary/aromatic N) is 3. The van der Waals surface area contributed by atoms with Gasteiger partial charge in [0.15, 0.2) is 0 Å². The van der Waals surface area contributed by atoms with Gasteiger partial charge < -0.3 is 19.9 Å². The number of amides is 2. The highest BCUT2D eigenvalue weighted by atomic mass is 16.4. The van der Waals surface area contributed by atoms with E-state index < -0.39 is 24.3 Å². The number of carbonyl (C=O) groups is 3. The van der Waals surface area contributed by atoms with Gasteiger partial charge in [-0.05, 0) is 0 Å². The SMILES string of the molecule is Cn1cncc1C(=O)N1CCNC(=O)C1CC(=O)O. The number of aryl methyl sites for hydroxylation is 1. The van der Waals surface area contributed by atoms with Crippen molar-refractivity contribution < 1.29 is 19.5 Å². The summed E-state index contributed by atoms with van der Waals surface area (Å²) in [6.45, 7) is 0.603. The van der Waals surface area contributed by atoms with Crippen molar-refractivity contribution in [2.75, 3.05) is 13.1 Å². The first-order valence-corrected chi connectivity index (χ1v) is 5.77. The average Bonchev–Trinajstić information content (AvgIpc) is 2.77. The van der Waals surface area contributed by atoms with Crippen molar-refractivity contribution in [1.82, 2.24) is 19.8 Å². The molecule has 2 rings (SSSR count). The van der Waals surface area contributed by atoms with E-state index in [2.05, 4.69) is 10.3 Å². The van der Waals surface area contributed by atoms with Gasteiger partial charge in [0.2, 0.25) is 5.91 Å². The zero-order valence-electron chi connectivity index (χ0n) is 10.4. The van der Waals surface area contributed by atoms with Gasteiger partial charge in [-0.15, -0.1) is 0 Å². The second kappa shape index (κ2) is 5.09. The number of carboxylic acids is 1. The van der Waals surface area contributed by atoms with E-state index in [0.29, 0.717) is 12.2 Å². The first kappa shape index (κ1) is 13.1. The van der Waals surface area contributed by atoms with Crippen LogP contribution in [0.2, 0.25) is 0 Å². The van der Waals surface area contributed by atoms with Gasteiger partial charge in [-0.2, -0.15) is 0 Å². The van der Waals surface area contributed by atoms with E-state index in [1.807, 2.05) is 0 Å². The minimum absolute atomic E-state index is 0.285. The Morgan fingerprint density at radius 3 is 2.89 bits per heavy atom. The summed E-state index contributed by atoms with van der Waals surface area (Å²) in [5, 5.41) is 11.4. The van der Waals surface area contributed by atoms with Crippen LogP contribution in [0.1, 0.15) is 16.9 Å². The van der Waals surface area contributed by atoms with E-state index in [-0.39, 0.29) is 12.5 Å². The molecule has 1 atom stereocenters. The Hall–Kier alpha value is -2.38. The minimum atomic E-state index is -1.12. The van der Waals surface area contributed by atoms with E-state index in [0.717, 1.165) is 0 Å². The molecule has 2 heterocycles. The molecule has 0 aliphatic carbocycles. The van der Waals surface area contributed by atoms with Crippen molar-refractivity contribution in [3.8, 4) is 0 Å². The van der Waals surface area contributed by atoms with Gasteiger partial charge in [0, 0.05) is 20.1 Å². The Bertz CT molecular complexity index is 525. The first-order chi connectivity index (χ1) is 9.00. The van der Waals surface area contributed by atoms with Crippen LogP contribution in [-0.4, -0.2) is 56.5 Å². The Balaban J connectivity index is 2.25. The average molecular weight is 266 g/mol. The normalized spacial score (nSPS) is 19.1. The summed E-state index contributed by atoms with van der Waals surface area (Å²) in [5.41, 5.74) is 0.324. The molecule has 1 aromatic rings. The molecule has 1 aliphatic heterocycles. The number of hydrogen-bond acceptors (Lipinski definition) is 4. The molecule has 0 saturated carbocycles. The first-order valence-electron chi connectivity index (χ1n) is 5.77. The Morgan fingerprint density at radius 1 is 1.58 bits per heavy atom. The molecular weight excluding hydrogens is 252 g/mol. The Kier molecular flexibility index (Phi) is 3.50. The van der Waals surface area contributed by atoms with Crippen LogP contribution in [0.4, 0.5) is 0 Å². The molecule has 2 amide bonds. The zero-order chi connectivity index (χ0) is 14.0. The number of carboxylic acid groups (broad SMARTS) is 1. The quantitative estimate of drug-likeness (QED) is 0.717. The fourth-order valence-corrected chi connectivity index (χ4v) is 2.04. The molecule has 1 fully saturated rings. The minimum Gasteiger partial charge on any atom is -0.481 e. The fraction of sp³-hybridized carbons (Fsp3) is 0.455. The third-order valence-corrected chi connectivity index (χ3v) is 3.00. The monoisotopic (exact) mass is 266 g/mol. The second-order valence-corrected chi connectivity index (χ2v) is 4.29. The summed E-state index contributed by atoms with van der Waals surface area (Å²) >= 11 is 0. The number of rotatable bonds is 3. The summed E-state index contributed by atoms with van der Waals surface area (Å²) in [7, 11) is 1.66. The van der Waals surface area contributed by atoms with Crippen LogP contribution in [0.15, 0.2) is 12.5 Å². The molecule has 0 radical (unpaired) electrons. The molecule has 0 bridgehead atoms. The Labute approximate surface area is 109 Å². The third-order valence-electron chi connectivity index (χ3n) is 3.00. The largest absolute Gasteiger partial charge is 0.481 e. The molecule has 2 N–H and O–H groups in total. The lowest BCUT2D eigenvalue weighted by atomic mass is 10.1. The topological polar surface area (TPSA) is 105 Å². The molecule has 0 spiro atoms. The molecule has 1 saturated heterocycles. The third kappa shape index (κ3) is 2.56. The lowest BCUT2D eigenvalue weighted by molar-refractivity contribution is -0.142. The van der Waals surface area contributed by atoms with E-state index >= 15 is 0 Å². The van der Waals surface area contributed by atoms with Crippen molar-refractivity contribution in [3.63, 3.8) is 0 Å². The van der Waals surface area contributed by atoms with Gasteiger partial charge in [-0.3, -0.25) is 14.4 Å². The standard InChI is InChI=1S/C11H14N4O4/c1-14-6-12-5-8(14)11(19)15-3-2-13-10(18)7(15)4-9(16)17/h5-7H,2-4H2,1H3,(H,13,18)(H,16,17). The summed E-state index contributed by atoms with van der Waals surface area (Å²) < 4.78 is 1.53. The van der Waals surface area contributed by atoms with Gasteiger partial charge in [-0.1, -0.05) is 0 Å². The maximum absolute atomic E-state index is 12.3. The summed E-state index contributed by atoms with van der Waals surface area (Å²) in [4.78, 5) is 39.9. The van der Waals surface area contributed by atoms with Crippen molar-refractivity contribution in [1.29, 1.82) is 0 Å². The molecule has 0 aromatic carbocycles. The lowest BCUT2D eigenvalue weighted by Crippen LogP contribution is -2.58. The molecule has 8 heteroatoms. The van der Waals surface area contributed by atoms with E-state index in [9.17, 15) is 14.4 Å². The summed E-state index contributed by atoms with van der Waals surface area (Å²) in [6, 6.07) is -0.978. The highest BCUT2D eigenvalue weighted by molar-refractivity contribution is 5.98. The van der Waals surface area contributed by atoms with E-state index in [1.54, 1.807) is 7.05 Å². The molecule has 19 heavy (non-hydrogen) atoms. The number of hydrogen-bond donors (Lipinski definition) is 2. The zero-order valence-corrected chi connectivity index (χ0v) is 10.4. The number of aliphatic carboxylic acids is 1. The summed E-state index contributed by atoms with van der Waals surface area (Å²) in [6.07, 6.45) is 2.46. The van der Waals surface area contributed by atoms with Crippen LogP contribution in [0.5, 0.6) is 0 Å². The van der Waals surface area contributed by atoms with Gasteiger partial charge in [0.05, 0.1) is 18.9 Å². The van der Waals surface area contributed by atoms with Gasteiger partial charge in [0.25, 0.3) is 5.91 Å². The van der Waals surface area contributed by atoms with Gasteiger partial charge in [0.1, 0.15) is 11.7 Å². The highest BCUT2D eigenvalue weighted by Gasteiger charge is 2.35. The van der Waals surface area contributed by atoms with E-state index in [4.69, 9.17) is 5.11 Å². The van der Waals surface area contributed by atoms with Crippen molar-refractivity contribution >= 4 is 17.8 Å². The predicted octanol–water partition coefficient (Wildman–Crippen LogP) is -1.16. The van der Waals surface area contributed by atoms with Gasteiger partial charge in [-0.25, -0.2) is 4.98 Å². The van der Waals surface area contributed by atoms with Crippen molar-refractivity contribution in [3.05, 3.63) is 18.2 Å². The molecule has 1 aliphatic rings. The number of imidazole rings is 1. The van der Waals surface area contributed by atoms with Crippen LogP contribution < -0.4 is 5.32 Å². The molecule has 1 aromatic heterocycles. The maximum Gasteiger partial charge on any atom is 0.305 e. The summed E-state index contributed by atoms with van der Waals surface area (Å²) in [5.74, 6) is -1.95. The smallest absolute Gasteiger partial charge is 0.305 e. The van der Waals surface area contributed by atoms with Crippen LogP contribution >= 0.6 is 0 Å². The molecule has 8 nitrogen and oxygen atoms in total. The fourth-order valence-electron chi connectivity index (χ4n) is 2.04. The van der Waals surface area contributed by atoms with Crippen molar-refractivity contribution in [2.24, 2.45) is 7.05 Å². The maximum atomic E-state index is 12.3. The number of carbonyl (C=O) groups excluding carboxylic acids is 2. The van der Waals surface area contributed by atoms with Gasteiger partial charge >= 0.3 is 5.97 Å². The number of aromatic nitrogens is 2. The lowest BCUT2D eigenvalue weighted by Gasteiger charge is -2.34. The predicted molar refractivity (Wildman–Crippen MR) is 63.3 cm³/mol. The highest BCUT2D eigenvalue weighted by Crippen LogP contribution is 2.13. The molecule has 102 valence electrons.